The summed E-state index contributed by atoms with van der Waals surface area (Å²) >= 11 is 0. The van der Waals surface area contributed by atoms with Crippen molar-refractivity contribution in [1.29, 1.82) is 0 Å². The minimum Gasteiger partial charge on any atom is -0.467 e. The highest BCUT2D eigenvalue weighted by Gasteiger charge is 2.34. The van der Waals surface area contributed by atoms with Gasteiger partial charge in [0.1, 0.15) is 6.04 Å². The van der Waals surface area contributed by atoms with E-state index in [1.165, 1.54) is 7.11 Å². The number of amides is 2. The van der Waals surface area contributed by atoms with Crippen LogP contribution in [0.3, 0.4) is 0 Å². The van der Waals surface area contributed by atoms with Crippen LogP contribution in [0.2, 0.25) is 0 Å². The second-order valence-corrected chi connectivity index (χ2v) is 13.2. The van der Waals surface area contributed by atoms with Gasteiger partial charge in [-0.25, -0.2) is 9.59 Å². The Morgan fingerprint density at radius 2 is 1.53 bits per heavy atom. The van der Waals surface area contributed by atoms with E-state index in [4.69, 9.17) is 14.2 Å². The lowest BCUT2D eigenvalue weighted by atomic mass is 9.99. The first kappa shape index (κ1) is 37.4. The summed E-state index contributed by atoms with van der Waals surface area (Å²) in [4.78, 5) is 40.4. The second kappa shape index (κ2) is 17.9. The molecule has 0 bridgehead atoms. The second-order valence-electron chi connectivity index (χ2n) is 13.2. The normalized spacial score (nSPS) is 19.6. The standard InChI is InChI=1S/C40H45N5O8/c1-51-38(47)36(23-28-5-3-2-4-6-28)42-40(48)41-25-29-7-13-32(14-8-29)39-52-35(24-37(53-39)31-11-9-30(27-46)10-12-31)26-43-19-21-44(22-20-43)33-15-17-34(18-16-33)45(49)50/h2-18,35-37,39,46H,19-27H2,1H3,(H2,41,42,48). The van der Waals surface area contributed by atoms with Crippen LogP contribution in [0.1, 0.15) is 46.6 Å². The van der Waals surface area contributed by atoms with E-state index in [2.05, 4.69) is 20.4 Å². The molecule has 0 aromatic heterocycles. The zero-order chi connectivity index (χ0) is 37.2. The van der Waals surface area contributed by atoms with Gasteiger partial charge in [0, 0.05) is 75.5 Å². The maximum absolute atomic E-state index is 12.8. The van der Waals surface area contributed by atoms with Crippen LogP contribution in [-0.2, 0) is 38.6 Å². The van der Waals surface area contributed by atoms with Crippen LogP contribution < -0.4 is 15.5 Å². The lowest BCUT2D eigenvalue weighted by Gasteiger charge is -2.41. The number of ether oxygens (including phenoxy) is 3. The quantitative estimate of drug-likeness (QED) is 0.0971. The number of benzene rings is 4. The van der Waals surface area contributed by atoms with E-state index in [9.17, 15) is 24.8 Å². The number of nitrogens with one attached hydrogen (secondary N) is 2. The Hall–Kier alpha value is -5.34. The SMILES string of the molecule is COC(=O)C(Cc1ccccc1)NC(=O)NCc1ccc(C2OC(CN3CCN(c4ccc([N+](=O)[O-])cc4)CC3)CC(c3ccc(CO)cc3)O2)cc1. The number of anilines is 1. The third kappa shape index (κ3) is 10.2. The Kier molecular flexibility index (Phi) is 12.7. The molecule has 4 atom stereocenters. The summed E-state index contributed by atoms with van der Waals surface area (Å²) < 4.78 is 18.0. The summed E-state index contributed by atoms with van der Waals surface area (Å²) in [7, 11) is 1.30. The van der Waals surface area contributed by atoms with Crippen molar-refractivity contribution in [3.63, 3.8) is 0 Å². The summed E-state index contributed by atoms with van der Waals surface area (Å²) in [5.41, 5.74) is 5.49. The smallest absolute Gasteiger partial charge is 0.328 e. The van der Waals surface area contributed by atoms with Crippen molar-refractivity contribution in [3.05, 3.63) is 141 Å². The van der Waals surface area contributed by atoms with Crippen LogP contribution >= 0.6 is 0 Å². The molecule has 0 saturated carbocycles. The lowest BCUT2D eigenvalue weighted by Crippen LogP contribution is -2.49. The summed E-state index contributed by atoms with van der Waals surface area (Å²) in [6.45, 7) is 4.15. The average molecular weight is 724 g/mol. The molecule has 53 heavy (non-hydrogen) atoms. The van der Waals surface area contributed by atoms with Gasteiger partial charge >= 0.3 is 12.0 Å². The van der Waals surface area contributed by atoms with Crippen LogP contribution in [0.15, 0.2) is 103 Å². The molecule has 2 aliphatic rings. The Balaban J connectivity index is 1.07. The van der Waals surface area contributed by atoms with E-state index < -0.39 is 24.3 Å². The first-order chi connectivity index (χ1) is 25.8. The number of urea groups is 1. The van der Waals surface area contributed by atoms with Crippen molar-refractivity contribution >= 4 is 23.4 Å². The average Bonchev–Trinajstić information content (AvgIpc) is 3.20. The number of hydrogen-bond donors (Lipinski definition) is 3. The highest BCUT2D eigenvalue weighted by Crippen LogP contribution is 2.38. The van der Waals surface area contributed by atoms with Gasteiger partial charge in [-0.2, -0.15) is 0 Å². The molecular weight excluding hydrogens is 678 g/mol. The van der Waals surface area contributed by atoms with E-state index in [-0.39, 0.29) is 36.0 Å². The molecule has 2 heterocycles. The Bertz CT molecular complexity index is 1800. The fraction of sp³-hybridized carbons (Fsp3) is 0.350. The molecule has 13 heteroatoms. The number of carbonyl (C=O) groups excluding carboxylic acids is 2. The van der Waals surface area contributed by atoms with Gasteiger partial charge in [-0.15, -0.1) is 0 Å². The van der Waals surface area contributed by atoms with E-state index in [1.807, 2.05) is 78.9 Å². The molecule has 4 unspecified atom stereocenters. The predicted molar refractivity (Wildman–Crippen MR) is 198 cm³/mol. The Morgan fingerprint density at radius 1 is 0.868 bits per heavy atom. The molecule has 2 fully saturated rings. The highest BCUT2D eigenvalue weighted by atomic mass is 16.7. The third-order valence-corrected chi connectivity index (χ3v) is 9.65. The number of esters is 1. The summed E-state index contributed by atoms with van der Waals surface area (Å²) in [5, 5.41) is 26.2. The molecule has 3 N–H and O–H groups in total. The van der Waals surface area contributed by atoms with Gasteiger partial charge in [-0.1, -0.05) is 78.9 Å². The number of nitro groups is 1. The third-order valence-electron chi connectivity index (χ3n) is 9.65. The number of methoxy groups -OCH3 is 1. The minimum atomic E-state index is -0.829. The van der Waals surface area contributed by atoms with Crippen LogP contribution in [0.25, 0.3) is 0 Å². The number of nitrogens with zero attached hydrogens (tertiary/aromatic N) is 3. The van der Waals surface area contributed by atoms with E-state index in [1.54, 1.807) is 24.3 Å². The molecule has 2 amide bonds. The number of rotatable bonds is 13. The number of carbonyl (C=O) groups is 2. The van der Waals surface area contributed by atoms with E-state index in [0.29, 0.717) is 19.4 Å². The fourth-order valence-electron chi connectivity index (χ4n) is 6.66. The molecule has 0 spiro atoms. The Morgan fingerprint density at radius 3 is 2.17 bits per heavy atom. The number of piperazine rings is 1. The van der Waals surface area contributed by atoms with E-state index >= 15 is 0 Å². The van der Waals surface area contributed by atoms with Crippen molar-refractivity contribution < 1.29 is 33.8 Å². The monoisotopic (exact) mass is 723 g/mol. The van der Waals surface area contributed by atoms with E-state index in [0.717, 1.165) is 59.7 Å². The molecule has 4 aromatic rings. The molecular formula is C40H45N5O8. The van der Waals surface area contributed by atoms with Gasteiger partial charge < -0.3 is 34.9 Å². The van der Waals surface area contributed by atoms with Crippen molar-refractivity contribution in [1.82, 2.24) is 15.5 Å². The van der Waals surface area contributed by atoms with Crippen LogP contribution in [-0.4, -0.2) is 78.9 Å². The van der Waals surface area contributed by atoms with Crippen molar-refractivity contribution in [2.75, 3.05) is 44.7 Å². The van der Waals surface area contributed by atoms with Crippen LogP contribution in [0.5, 0.6) is 0 Å². The molecule has 13 nitrogen and oxygen atoms in total. The number of aliphatic hydroxyl groups excluding tert-OH is 1. The highest BCUT2D eigenvalue weighted by molar-refractivity contribution is 5.83. The maximum atomic E-state index is 12.8. The van der Waals surface area contributed by atoms with Gasteiger partial charge in [0.2, 0.25) is 0 Å². The first-order valence-corrected chi connectivity index (χ1v) is 17.7. The molecule has 0 aliphatic carbocycles. The van der Waals surface area contributed by atoms with Crippen molar-refractivity contribution in [2.45, 2.75) is 50.5 Å². The lowest BCUT2D eigenvalue weighted by molar-refractivity contribution is -0.384. The minimum absolute atomic E-state index is 0.0333. The summed E-state index contributed by atoms with van der Waals surface area (Å²) in [5.74, 6) is -0.522. The maximum Gasteiger partial charge on any atom is 0.328 e. The van der Waals surface area contributed by atoms with Crippen molar-refractivity contribution in [2.24, 2.45) is 0 Å². The number of hydrogen-bond acceptors (Lipinski definition) is 10. The van der Waals surface area contributed by atoms with Crippen molar-refractivity contribution in [3.8, 4) is 0 Å². The molecule has 2 saturated heterocycles. The first-order valence-electron chi connectivity index (χ1n) is 17.7. The zero-order valence-electron chi connectivity index (χ0n) is 29.6. The van der Waals surface area contributed by atoms with Gasteiger partial charge in [-0.3, -0.25) is 15.0 Å². The summed E-state index contributed by atoms with van der Waals surface area (Å²) in [6.07, 6.45) is -0.00158. The number of aliphatic hydroxyl groups is 1. The molecule has 2 aliphatic heterocycles. The van der Waals surface area contributed by atoms with Crippen LogP contribution in [0, 0.1) is 10.1 Å². The van der Waals surface area contributed by atoms with Gasteiger partial charge in [0.05, 0.1) is 30.8 Å². The molecule has 278 valence electrons. The zero-order valence-corrected chi connectivity index (χ0v) is 29.6. The fourth-order valence-corrected chi connectivity index (χ4v) is 6.66. The largest absolute Gasteiger partial charge is 0.467 e. The van der Waals surface area contributed by atoms with Gasteiger partial charge in [0.25, 0.3) is 5.69 Å². The molecule has 6 rings (SSSR count). The molecule has 4 aromatic carbocycles. The van der Waals surface area contributed by atoms with Gasteiger partial charge in [0.15, 0.2) is 6.29 Å². The van der Waals surface area contributed by atoms with Gasteiger partial charge in [-0.05, 0) is 34.4 Å². The number of non-ortho nitro benzene ring substituents is 1. The number of nitro benzene ring substituents is 1. The topological polar surface area (TPSA) is 156 Å². The Labute approximate surface area is 308 Å². The summed E-state index contributed by atoms with van der Waals surface area (Å²) in [6, 6.07) is 30.3. The van der Waals surface area contributed by atoms with Crippen LogP contribution in [0.4, 0.5) is 16.2 Å². The predicted octanol–water partition coefficient (Wildman–Crippen LogP) is 5.04. The molecule has 0 radical (unpaired) electrons.